The molecule has 2 aromatic heterocycles. The van der Waals surface area contributed by atoms with Gasteiger partial charge in [0.25, 0.3) is 0 Å². The zero-order valence-electron chi connectivity index (χ0n) is 17.5. The molecule has 4 rings (SSSR count). The Balaban J connectivity index is 1.36. The molecule has 158 valence electrons. The quantitative estimate of drug-likeness (QED) is 0.500. The van der Waals surface area contributed by atoms with E-state index in [1.807, 2.05) is 62.4 Å². The van der Waals surface area contributed by atoms with E-state index in [9.17, 15) is 9.59 Å². The number of nitrogens with zero attached hydrogens (tertiary/aromatic N) is 3. The van der Waals surface area contributed by atoms with Crippen LogP contribution in [0.1, 0.15) is 23.1 Å². The van der Waals surface area contributed by atoms with Gasteiger partial charge in [0.1, 0.15) is 5.75 Å². The van der Waals surface area contributed by atoms with E-state index in [4.69, 9.17) is 4.74 Å². The summed E-state index contributed by atoms with van der Waals surface area (Å²) in [5, 5.41) is 7.23. The second-order valence-corrected chi connectivity index (χ2v) is 7.49. The number of carbonyl (C=O) groups is 1. The Morgan fingerprint density at radius 2 is 1.94 bits per heavy atom. The summed E-state index contributed by atoms with van der Waals surface area (Å²) >= 11 is 0. The average molecular weight is 416 g/mol. The van der Waals surface area contributed by atoms with Gasteiger partial charge in [-0.1, -0.05) is 30.3 Å². The monoisotopic (exact) mass is 416 g/mol. The minimum Gasteiger partial charge on any atom is -0.493 e. The number of benzene rings is 2. The van der Waals surface area contributed by atoms with Crippen LogP contribution in [0.4, 0.5) is 5.69 Å². The number of aryl methyl sites for hydroxylation is 2. The molecule has 2 aromatic carbocycles. The van der Waals surface area contributed by atoms with E-state index in [-0.39, 0.29) is 18.0 Å². The van der Waals surface area contributed by atoms with Crippen LogP contribution in [0.25, 0.3) is 5.65 Å². The van der Waals surface area contributed by atoms with Crippen LogP contribution in [0, 0.1) is 13.8 Å². The largest absolute Gasteiger partial charge is 0.493 e. The minimum atomic E-state index is -0.200. The molecule has 0 atom stereocenters. The predicted molar refractivity (Wildman–Crippen MR) is 120 cm³/mol. The van der Waals surface area contributed by atoms with E-state index in [1.165, 1.54) is 9.08 Å². The highest BCUT2D eigenvalue weighted by atomic mass is 16.5. The molecule has 0 aliphatic carbocycles. The third kappa shape index (κ3) is 4.83. The fourth-order valence-corrected chi connectivity index (χ4v) is 3.33. The van der Waals surface area contributed by atoms with Crippen LogP contribution in [0.5, 0.6) is 5.75 Å². The van der Waals surface area contributed by atoms with E-state index in [1.54, 1.807) is 18.3 Å². The predicted octanol–water partition coefficient (Wildman–Crippen LogP) is 3.57. The number of aromatic nitrogens is 3. The summed E-state index contributed by atoms with van der Waals surface area (Å²) in [6, 6.07) is 18.8. The maximum atomic E-state index is 12.5. The van der Waals surface area contributed by atoms with Crippen molar-refractivity contribution in [3.8, 4) is 5.75 Å². The Hall–Kier alpha value is -3.87. The first-order chi connectivity index (χ1) is 15.0. The van der Waals surface area contributed by atoms with Crippen LogP contribution in [-0.2, 0) is 11.3 Å². The normalized spacial score (nSPS) is 10.9. The molecular formula is C24H24N4O3. The third-order valence-corrected chi connectivity index (χ3v) is 4.96. The number of hydrogen-bond acceptors (Lipinski definition) is 4. The van der Waals surface area contributed by atoms with E-state index in [0.29, 0.717) is 24.5 Å². The van der Waals surface area contributed by atoms with Gasteiger partial charge in [0.05, 0.1) is 19.6 Å². The lowest BCUT2D eigenvalue weighted by Crippen LogP contribution is -2.21. The molecule has 0 fully saturated rings. The topological polar surface area (TPSA) is 77.6 Å². The summed E-state index contributed by atoms with van der Waals surface area (Å²) in [6.07, 6.45) is 1.93. The maximum Gasteiger partial charge on any atom is 0.350 e. The van der Waals surface area contributed by atoms with Gasteiger partial charge in [-0.15, -0.1) is 5.10 Å². The number of fused-ring (bicyclic) bond motifs is 1. The van der Waals surface area contributed by atoms with E-state index >= 15 is 0 Å². The average Bonchev–Trinajstić information content (AvgIpc) is 3.06. The Bertz CT molecular complexity index is 1290. The maximum absolute atomic E-state index is 12.5. The third-order valence-electron chi connectivity index (χ3n) is 4.96. The Kier molecular flexibility index (Phi) is 5.84. The van der Waals surface area contributed by atoms with Gasteiger partial charge in [-0.25, -0.2) is 9.48 Å². The number of rotatable bonds is 7. The highest BCUT2D eigenvalue weighted by molar-refractivity contribution is 5.90. The van der Waals surface area contributed by atoms with Gasteiger partial charge < -0.3 is 10.1 Å². The van der Waals surface area contributed by atoms with Crippen LogP contribution >= 0.6 is 0 Å². The standard InChI is InChI=1S/C24H24N4O3/c1-17-9-10-18(2)21(14-17)31-13-11-23(29)25-20-7-5-6-19(15-20)16-28-24(30)27-12-4-3-8-22(27)26-28/h3-10,12,14-15H,11,13,16H2,1-2H3,(H,25,29). The van der Waals surface area contributed by atoms with Crippen molar-refractivity contribution in [3.63, 3.8) is 0 Å². The summed E-state index contributed by atoms with van der Waals surface area (Å²) in [5.74, 6) is 0.667. The molecule has 1 amide bonds. The van der Waals surface area contributed by atoms with Crippen molar-refractivity contribution in [2.45, 2.75) is 26.8 Å². The number of ether oxygens (including phenoxy) is 1. The van der Waals surface area contributed by atoms with Crippen LogP contribution < -0.4 is 15.7 Å². The minimum absolute atomic E-state index is 0.132. The Morgan fingerprint density at radius 3 is 2.77 bits per heavy atom. The van der Waals surface area contributed by atoms with Crippen LogP contribution in [-0.4, -0.2) is 26.7 Å². The Labute approximate surface area is 179 Å². The lowest BCUT2D eigenvalue weighted by molar-refractivity contribution is -0.116. The number of amides is 1. The lowest BCUT2D eigenvalue weighted by atomic mass is 10.1. The first-order valence-corrected chi connectivity index (χ1v) is 10.1. The summed E-state index contributed by atoms with van der Waals surface area (Å²) in [6.45, 7) is 4.60. The van der Waals surface area contributed by atoms with E-state index in [2.05, 4.69) is 10.4 Å². The summed E-state index contributed by atoms with van der Waals surface area (Å²) in [5.41, 5.74) is 4.10. The van der Waals surface area contributed by atoms with Crippen molar-refractivity contribution >= 4 is 17.2 Å². The highest BCUT2D eigenvalue weighted by Crippen LogP contribution is 2.19. The second kappa shape index (κ2) is 8.87. The van der Waals surface area contributed by atoms with Crippen molar-refractivity contribution in [2.24, 2.45) is 0 Å². The first kappa shape index (κ1) is 20.4. The Morgan fingerprint density at radius 1 is 1.06 bits per heavy atom. The number of hydrogen-bond donors (Lipinski definition) is 1. The molecule has 0 aliphatic rings. The number of carbonyl (C=O) groups excluding carboxylic acids is 1. The van der Waals surface area contributed by atoms with Gasteiger partial charge in [0.2, 0.25) is 5.91 Å². The van der Waals surface area contributed by atoms with Crippen molar-refractivity contribution in [1.82, 2.24) is 14.2 Å². The van der Waals surface area contributed by atoms with Gasteiger partial charge in [-0.05, 0) is 60.9 Å². The molecule has 0 saturated carbocycles. The van der Waals surface area contributed by atoms with Crippen molar-refractivity contribution in [1.29, 1.82) is 0 Å². The van der Waals surface area contributed by atoms with Gasteiger partial charge in [-0.2, -0.15) is 0 Å². The van der Waals surface area contributed by atoms with Crippen LogP contribution in [0.3, 0.4) is 0 Å². The number of anilines is 1. The summed E-state index contributed by atoms with van der Waals surface area (Å²) < 4.78 is 8.67. The highest BCUT2D eigenvalue weighted by Gasteiger charge is 2.09. The molecule has 31 heavy (non-hydrogen) atoms. The number of nitrogens with one attached hydrogen (secondary N) is 1. The summed E-state index contributed by atoms with van der Waals surface area (Å²) in [4.78, 5) is 24.8. The zero-order chi connectivity index (χ0) is 21.8. The van der Waals surface area contributed by atoms with E-state index < -0.39 is 0 Å². The molecule has 4 aromatic rings. The molecule has 7 nitrogen and oxygen atoms in total. The molecular weight excluding hydrogens is 392 g/mol. The van der Waals surface area contributed by atoms with Gasteiger partial charge in [0.15, 0.2) is 5.65 Å². The van der Waals surface area contributed by atoms with Crippen molar-refractivity contribution in [2.75, 3.05) is 11.9 Å². The van der Waals surface area contributed by atoms with Gasteiger partial charge in [-0.3, -0.25) is 9.20 Å². The molecule has 0 spiro atoms. The molecule has 0 bridgehead atoms. The second-order valence-electron chi connectivity index (χ2n) is 7.49. The smallest absolute Gasteiger partial charge is 0.350 e. The van der Waals surface area contributed by atoms with Gasteiger partial charge >= 0.3 is 5.69 Å². The fourth-order valence-electron chi connectivity index (χ4n) is 3.33. The van der Waals surface area contributed by atoms with Crippen molar-refractivity contribution < 1.29 is 9.53 Å². The van der Waals surface area contributed by atoms with Crippen LogP contribution in [0.2, 0.25) is 0 Å². The molecule has 0 saturated heterocycles. The zero-order valence-corrected chi connectivity index (χ0v) is 17.5. The van der Waals surface area contributed by atoms with E-state index in [0.717, 1.165) is 22.4 Å². The SMILES string of the molecule is Cc1ccc(C)c(OCCC(=O)Nc2cccc(Cn3nc4ccccn4c3=O)c2)c1. The summed E-state index contributed by atoms with van der Waals surface area (Å²) in [7, 11) is 0. The molecule has 1 N–H and O–H groups in total. The molecule has 2 heterocycles. The molecule has 0 unspecified atom stereocenters. The fraction of sp³-hybridized carbons (Fsp3) is 0.208. The lowest BCUT2D eigenvalue weighted by Gasteiger charge is -2.11. The van der Waals surface area contributed by atoms with Crippen molar-refractivity contribution in [3.05, 3.63) is 94.0 Å². The molecule has 7 heteroatoms. The molecule has 0 aliphatic heterocycles. The number of pyridine rings is 1. The van der Waals surface area contributed by atoms with Crippen LogP contribution in [0.15, 0.2) is 71.7 Å². The molecule has 0 radical (unpaired) electrons. The van der Waals surface area contributed by atoms with Gasteiger partial charge in [0, 0.05) is 11.9 Å². The first-order valence-electron chi connectivity index (χ1n) is 10.1.